The lowest BCUT2D eigenvalue weighted by Crippen LogP contribution is -2.47. The van der Waals surface area contributed by atoms with Crippen molar-refractivity contribution in [2.45, 2.75) is 33.1 Å². The fourth-order valence-electron chi connectivity index (χ4n) is 4.20. The lowest BCUT2D eigenvalue weighted by atomic mass is 10.0. The van der Waals surface area contributed by atoms with Gasteiger partial charge in [0.05, 0.1) is 13.3 Å². The summed E-state index contributed by atoms with van der Waals surface area (Å²) < 4.78 is 6.02. The fourth-order valence-corrected chi connectivity index (χ4v) is 5.01. The number of halogens is 1. The molecule has 0 unspecified atom stereocenters. The lowest BCUT2D eigenvalue weighted by molar-refractivity contribution is 0.254. The number of hydrogen-bond acceptors (Lipinski definition) is 8. The highest BCUT2D eigenvalue weighted by atomic mass is 35.5. The number of rotatable bonds is 9. The van der Waals surface area contributed by atoms with Crippen molar-refractivity contribution in [3.8, 4) is 5.75 Å². The van der Waals surface area contributed by atoms with E-state index >= 15 is 0 Å². The predicted molar refractivity (Wildman–Crippen MR) is 137 cm³/mol. The van der Waals surface area contributed by atoms with Crippen LogP contribution in [-0.2, 0) is 12.8 Å². The summed E-state index contributed by atoms with van der Waals surface area (Å²) >= 11 is 7.38. The molecule has 0 atom stereocenters. The summed E-state index contributed by atoms with van der Waals surface area (Å²) in [6, 6.07) is 8.46. The molecule has 1 fully saturated rings. The van der Waals surface area contributed by atoms with E-state index in [0.717, 1.165) is 80.3 Å². The van der Waals surface area contributed by atoms with E-state index in [0.29, 0.717) is 4.34 Å². The molecule has 0 saturated carbocycles. The topological polar surface area (TPSA) is 66.4 Å². The van der Waals surface area contributed by atoms with Crippen LogP contribution in [-0.4, -0.2) is 59.7 Å². The number of hydrogen-bond donors (Lipinski definition) is 1. The Bertz CT molecular complexity index is 1070. The van der Waals surface area contributed by atoms with E-state index in [9.17, 15) is 0 Å². The quantitative estimate of drug-likeness (QED) is 0.458. The molecular formula is C24H31ClN6OS. The molecule has 1 aromatic carbocycles. The van der Waals surface area contributed by atoms with Crippen LogP contribution in [0.25, 0.3) is 0 Å². The number of aryl methyl sites for hydroxylation is 3. The highest BCUT2D eigenvalue weighted by Gasteiger charge is 2.19. The largest absolute Gasteiger partial charge is 0.497 e. The van der Waals surface area contributed by atoms with Gasteiger partial charge in [0.2, 0.25) is 0 Å². The van der Waals surface area contributed by atoms with Gasteiger partial charge in [-0.25, -0.2) is 15.0 Å². The third kappa shape index (κ3) is 6.34. The standard InChI is InChI=1S/C24H31ClN6OS/c1-4-18-14-20(32-3)8-7-19(18)6-5-9-30-10-12-31(13-11-30)23-15-22(27-17(2)28-23)29-24-26-16-21(25)33-24/h7-8,14-16H,4-6,9-13H2,1-3H3,(H,26,27,28,29). The molecule has 0 amide bonds. The second kappa shape index (κ2) is 11.1. The molecule has 1 N–H and O–H groups in total. The Morgan fingerprint density at radius 1 is 1.12 bits per heavy atom. The van der Waals surface area contributed by atoms with Crippen molar-refractivity contribution in [3.05, 3.63) is 51.7 Å². The van der Waals surface area contributed by atoms with E-state index < -0.39 is 0 Å². The normalized spacial score (nSPS) is 14.5. The smallest absolute Gasteiger partial charge is 0.189 e. The number of nitrogens with one attached hydrogen (secondary N) is 1. The van der Waals surface area contributed by atoms with Gasteiger partial charge in [0.25, 0.3) is 0 Å². The molecule has 1 aliphatic rings. The Balaban J connectivity index is 1.28. The van der Waals surface area contributed by atoms with Crippen molar-refractivity contribution >= 4 is 39.7 Å². The molecule has 4 rings (SSSR count). The van der Waals surface area contributed by atoms with E-state index in [1.165, 1.54) is 22.5 Å². The number of thiazole rings is 1. The molecule has 0 radical (unpaired) electrons. The molecule has 3 heterocycles. The van der Waals surface area contributed by atoms with Gasteiger partial charge >= 0.3 is 0 Å². The van der Waals surface area contributed by atoms with Crippen LogP contribution < -0.4 is 15.0 Å². The van der Waals surface area contributed by atoms with Gasteiger partial charge in [-0.2, -0.15) is 0 Å². The van der Waals surface area contributed by atoms with Crippen molar-refractivity contribution in [1.82, 2.24) is 19.9 Å². The van der Waals surface area contributed by atoms with Crippen LogP contribution in [0.5, 0.6) is 5.75 Å². The zero-order chi connectivity index (χ0) is 23.2. The molecule has 3 aromatic rings. The maximum atomic E-state index is 5.99. The van der Waals surface area contributed by atoms with Crippen LogP contribution >= 0.6 is 22.9 Å². The summed E-state index contributed by atoms with van der Waals surface area (Å²) in [5.74, 6) is 3.39. The monoisotopic (exact) mass is 486 g/mol. The maximum absolute atomic E-state index is 5.99. The van der Waals surface area contributed by atoms with Crippen molar-refractivity contribution in [2.24, 2.45) is 0 Å². The summed E-state index contributed by atoms with van der Waals surface area (Å²) in [6.07, 6.45) is 4.95. The van der Waals surface area contributed by atoms with Crippen molar-refractivity contribution < 1.29 is 4.74 Å². The van der Waals surface area contributed by atoms with Crippen LogP contribution in [0.1, 0.15) is 30.3 Å². The first-order chi connectivity index (χ1) is 16.0. The summed E-state index contributed by atoms with van der Waals surface area (Å²) in [4.78, 5) is 18.3. The number of nitrogens with zero attached hydrogens (tertiary/aromatic N) is 5. The van der Waals surface area contributed by atoms with Crippen LogP contribution in [0, 0.1) is 6.92 Å². The van der Waals surface area contributed by atoms with Crippen molar-refractivity contribution in [1.29, 1.82) is 0 Å². The molecule has 33 heavy (non-hydrogen) atoms. The van der Waals surface area contributed by atoms with Crippen LogP contribution in [0.4, 0.5) is 16.8 Å². The number of methoxy groups -OCH3 is 1. The first kappa shape index (κ1) is 23.7. The SMILES string of the molecule is CCc1cc(OC)ccc1CCCN1CCN(c2cc(Nc3ncc(Cl)s3)nc(C)n2)CC1. The molecule has 2 aromatic heterocycles. The van der Waals surface area contributed by atoms with Gasteiger partial charge in [0.15, 0.2) is 5.13 Å². The number of anilines is 3. The molecular weight excluding hydrogens is 456 g/mol. The zero-order valence-corrected chi connectivity index (χ0v) is 21.0. The Kier molecular flexibility index (Phi) is 8.01. The molecule has 1 aliphatic heterocycles. The summed E-state index contributed by atoms with van der Waals surface area (Å²) in [6.45, 7) is 9.24. The summed E-state index contributed by atoms with van der Waals surface area (Å²) in [5.41, 5.74) is 2.83. The molecule has 0 spiro atoms. The summed E-state index contributed by atoms with van der Waals surface area (Å²) in [7, 11) is 1.73. The van der Waals surface area contributed by atoms with Gasteiger partial charge in [-0.15, -0.1) is 0 Å². The molecule has 7 nitrogen and oxygen atoms in total. The van der Waals surface area contributed by atoms with E-state index in [1.807, 2.05) is 13.0 Å². The highest BCUT2D eigenvalue weighted by molar-refractivity contribution is 7.19. The van der Waals surface area contributed by atoms with Crippen LogP contribution in [0.15, 0.2) is 30.5 Å². The van der Waals surface area contributed by atoms with E-state index in [2.05, 4.69) is 55.2 Å². The second-order valence-electron chi connectivity index (χ2n) is 8.17. The highest BCUT2D eigenvalue weighted by Crippen LogP contribution is 2.27. The molecule has 0 bridgehead atoms. The Morgan fingerprint density at radius 3 is 2.64 bits per heavy atom. The second-order valence-corrected chi connectivity index (χ2v) is 9.84. The van der Waals surface area contributed by atoms with E-state index in [4.69, 9.17) is 16.3 Å². The third-order valence-corrected chi connectivity index (χ3v) is 6.98. The molecule has 0 aliphatic carbocycles. The maximum Gasteiger partial charge on any atom is 0.189 e. The number of ether oxygens (including phenoxy) is 1. The summed E-state index contributed by atoms with van der Waals surface area (Å²) in [5, 5.41) is 3.97. The van der Waals surface area contributed by atoms with Gasteiger partial charge < -0.3 is 15.0 Å². The molecule has 1 saturated heterocycles. The Labute approximate surface area is 204 Å². The van der Waals surface area contributed by atoms with E-state index in [-0.39, 0.29) is 0 Å². The van der Waals surface area contributed by atoms with Crippen LogP contribution in [0.2, 0.25) is 4.34 Å². The minimum absolute atomic E-state index is 0.650. The fraction of sp³-hybridized carbons (Fsp3) is 0.458. The number of piperazine rings is 1. The Morgan fingerprint density at radius 2 is 1.94 bits per heavy atom. The molecule has 9 heteroatoms. The molecule has 176 valence electrons. The Hall–Kier alpha value is -2.42. The average molecular weight is 487 g/mol. The number of benzene rings is 1. The van der Waals surface area contributed by atoms with Gasteiger partial charge in [0, 0.05) is 32.2 Å². The van der Waals surface area contributed by atoms with Crippen molar-refractivity contribution in [2.75, 3.05) is 50.1 Å². The van der Waals surface area contributed by atoms with Gasteiger partial charge in [0.1, 0.15) is 27.5 Å². The van der Waals surface area contributed by atoms with Gasteiger partial charge in [-0.3, -0.25) is 4.90 Å². The predicted octanol–water partition coefficient (Wildman–Crippen LogP) is 4.96. The minimum Gasteiger partial charge on any atom is -0.497 e. The van der Waals surface area contributed by atoms with Crippen molar-refractivity contribution in [3.63, 3.8) is 0 Å². The third-order valence-electron chi connectivity index (χ3n) is 5.95. The minimum atomic E-state index is 0.650. The first-order valence-electron chi connectivity index (χ1n) is 11.4. The average Bonchev–Trinajstić information content (AvgIpc) is 3.23. The van der Waals surface area contributed by atoms with Gasteiger partial charge in [-0.05, 0) is 56.0 Å². The number of aromatic nitrogens is 3. The van der Waals surface area contributed by atoms with Gasteiger partial charge in [-0.1, -0.05) is 35.9 Å². The lowest BCUT2D eigenvalue weighted by Gasteiger charge is -2.35. The zero-order valence-electron chi connectivity index (χ0n) is 19.5. The van der Waals surface area contributed by atoms with Crippen LogP contribution in [0.3, 0.4) is 0 Å². The van der Waals surface area contributed by atoms with E-state index in [1.54, 1.807) is 13.3 Å². The first-order valence-corrected chi connectivity index (χ1v) is 12.6.